The van der Waals surface area contributed by atoms with E-state index in [1.54, 1.807) is 0 Å². The summed E-state index contributed by atoms with van der Waals surface area (Å²) in [5.41, 5.74) is 2.98. The maximum absolute atomic E-state index is 2.41. The van der Waals surface area contributed by atoms with Crippen LogP contribution in [0.2, 0.25) is 0 Å². The van der Waals surface area contributed by atoms with Gasteiger partial charge in [-0.25, -0.2) is 0 Å². The lowest BCUT2D eigenvalue weighted by Crippen LogP contribution is -1.86. The molecule has 96 valence electrons. The van der Waals surface area contributed by atoms with Crippen LogP contribution in [-0.4, -0.2) is 0 Å². The average Bonchev–Trinajstić information content (AvgIpc) is 2.89. The molecule has 0 heterocycles. The Hall–Kier alpha value is -2.60. The molecule has 21 heavy (non-hydrogen) atoms. The molecule has 0 bridgehead atoms. The second kappa shape index (κ2) is 3.17. The molecule has 0 saturated carbocycles. The summed E-state index contributed by atoms with van der Waals surface area (Å²) >= 11 is 0. The number of hydrogen-bond acceptors (Lipinski definition) is 0. The molecule has 0 aliphatic heterocycles. The maximum Gasteiger partial charge on any atom is -0.00128 e. The summed E-state index contributed by atoms with van der Waals surface area (Å²) in [6.07, 6.45) is 1.08. The summed E-state index contributed by atoms with van der Waals surface area (Å²) in [7, 11) is 0. The quantitative estimate of drug-likeness (QED) is 0.246. The van der Waals surface area contributed by atoms with Gasteiger partial charge < -0.3 is 0 Å². The van der Waals surface area contributed by atoms with Gasteiger partial charge in [0.25, 0.3) is 0 Å². The molecule has 0 N–H and O–H groups in total. The number of rotatable bonds is 0. The third-order valence-electron chi connectivity index (χ3n) is 5.14. The first-order chi connectivity index (χ1) is 10.4. The fourth-order valence-corrected chi connectivity index (χ4v) is 4.34. The maximum atomic E-state index is 2.41. The van der Waals surface area contributed by atoms with Crippen LogP contribution in [0.5, 0.6) is 0 Å². The van der Waals surface area contributed by atoms with Gasteiger partial charge in [-0.05, 0) is 66.7 Å². The molecule has 1 aliphatic carbocycles. The molecule has 5 aromatic rings. The first-order valence-corrected chi connectivity index (χ1v) is 7.51. The molecule has 0 spiro atoms. The van der Waals surface area contributed by atoms with Crippen LogP contribution in [0, 0.1) is 0 Å². The molecule has 0 unspecified atom stereocenters. The van der Waals surface area contributed by atoms with Crippen LogP contribution in [0.15, 0.2) is 60.7 Å². The molecule has 5 aromatic carbocycles. The van der Waals surface area contributed by atoms with Crippen LogP contribution in [0.4, 0.5) is 0 Å². The third-order valence-corrected chi connectivity index (χ3v) is 5.14. The van der Waals surface area contributed by atoms with Gasteiger partial charge in [0.2, 0.25) is 0 Å². The largest absolute Gasteiger partial charge is 0.0613 e. The van der Waals surface area contributed by atoms with Crippen molar-refractivity contribution >= 4 is 43.1 Å². The Morgan fingerprint density at radius 1 is 0.476 bits per heavy atom. The van der Waals surface area contributed by atoms with Gasteiger partial charge in [-0.15, -0.1) is 0 Å². The molecule has 1 aliphatic rings. The highest BCUT2D eigenvalue weighted by Crippen LogP contribution is 2.45. The lowest BCUT2D eigenvalue weighted by Gasteiger charge is -2.13. The van der Waals surface area contributed by atoms with Crippen LogP contribution < -0.4 is 0 Å². The standard InChI is InChI=1S/C21H12/c1-3-12-7-8-16-9-13-5-2-6-15-11-17-10-14(4-1)18(12)20(16)21(17)19(13)15/h1-10H,11H2. The first-order valence-electron chi connectivity index (χ1n) is 7.51. The normalized spacial score (nSPS) is 13.5. The van der Waals surface area contributed by atoms with Gasteiger partial charge in [0, 0.05) is 0 Å². The molecule has 0 fully saturated rings. The van der Waals surface area contributed by atoms with Gasteiger partial charge in [-0.3, -0.25) is 0 Å². The molecule has 0 nitrogen and oxygen atoms in total. The SMILES string of the molecule is c1cc2c3c(c1)cc1ccc4cccc5cc(c3c1c45)C2. The Morgan fingerprint density at radius 3 is 2.14 bits per heavy atom. The van der Waals surface area contributed by atoms with Crippen LogP contribution in [0.3, 0.4) is 0 Å². The van der Waals surface area contributed by atoms with Crippen molar-refractivity contribution < 1.29 is 0 Å². The molecule has 0 amide bonds. The predicted octanol–water partition coefficient (Wildman–Crippen LogP) is 5.64. The van der Waals surface area contributed by atoms with Gasteiger partial charge in [-0.2, -0.15) is 0 Å². The fourth-order valence-electron chi connectivity index (χ4n) is 4.34. The van der Waals surface area contributed by atoms with Crippen molar-refractivity contribution in [3.63, 3.8) is 0 Å². The summed E-state index contributed by atoms with van der Waals surface area (Å²) in [4.78, 5) is 0. The van der Waals surface area contributed by atoms with E-state index in [0.717, 1.165) is 6.42 Å². The fraction of sp³-hybridized carbons (Fsp3) is 0.0476. The highest BCUT2D eigenvalue weighted by atomic mass is 14.2. The van der Waals surface area contributed by atoms with Crippen molar-refractivity contribution in [1.29, 1.82) is 0 Å². The highest BCUT2D eigenvalue weighted by Gasteiger charge is 2.21. The third kappa shape index (κ3) is 1.06. The zero-order chi connectivity index (χ0) is 13.6. The summed E-state index contributed by atoms with van der Waals surface area (Å²) in [6.45, 7) is 0. The van der Waals surface area contributed by atoms with Crippen LogP contribution in [0.25, 0.3) is 43.1 Å². The van der Waals surface area contributed by atoms with E-state index in [4.69, 9.17) is 0 Å². The van der Waals surface area contributed by atoms with Gasteiger partial charge in [0.1, 0.15) is 0 Å². The number of benzene rings is 5. The molecule has 6 rings (SSSR count). The van der Waals surface area contributed by atoms with E-state index >= 15 is 0 Å². The van der Waals surface area contributed by atoms with Crippen molar-refractivity contribution in [2.75, 3.05) is 0 Å². The minimum atomic E-state index is 1.08. The van der Waals surface area contributed by atoms with Gasteiger partial charge in [0.15, 0.2) is 0 Å². The molecule has 0 atom stereocenters. The van der Waals surface area contributed by atoms with Gasteiger partial charge in [0.05, 0.1) is 0 Å². The van der Waals surface area contributed by atoms with E-state index in [1.807, 2.05) is 0 Å². The molecular weight excluding hydrogens is 252 g/mol. The van der Waals surface area contributed by atoms with Crippen molar-refractivity contribution in [2.24, 2.45) is 0 Å². The van der Waals surface area contributed by atoms with Crippen LogP contribution in [-0.2, 0) is 6.42 Å². The van der Waals surface area contributed by atoms with E-state index in [9.17, 15) is 0 Å². The average molecular weight is 264 g/mol. The van der Waals surface area contributed by atoms with E-state index in [0.29, 0.717) is 0 Å². The summed E-state index contributed by atoms with van der Waals surface area (Å²) in [6, 6.07) is 22.7. The monoisotopic (exact) mass is 264 g/mol. The van der Waals surface area contributed by atoms with Gasteiger partial charge in [-0.1, -0.05) is 54.6 Å². The smallest absolute Gasteiger partial charge is 0.00128 e. The lowest BCUT2D eigenvalue weighted by atomic mass is 9.91. The first kappa shape index (κ1) is 10.2. The molecule has 0 saturated heterocycles. The zero-order valence-electron chi connectivity index (χ0n) is 11.5. The predicted molar refractivity (Wildman–Crippen MR) is 90.5 cm³/mol. The van der Waals surface area contributed by atoms with Crippen LogP contribution >= 0.6 is 0 Å². The topological polar surface area (TPSA) is 0 Å². The van der Waals surface area contributed by atoms with Gasteiger partial charge >= 0.3 is 0 Å². The lowest BCUT2D eigenvalue weighted by molar-refractivity contribution is 1.28. The zero-order valence-corrected chi connectivity index (χ0v) is 11.5. The molecule has 0 heteroatoms. The highest BCUT2D eigenvalue weighted by molar-refractivity contribution is 6.31. The molecule has 0 aromatic heterocycles. The summed E-state index contributed by atoms with van der Waals surface area (Å²) < 4.78 is 0. The van der Waals surface area contributed by atoms with Crippen LogP contribution in [0.1, 0.15) is 11.1 Å². The van der Waals surface area contributed by atoms with E-state index < -0.39 is 0 Å². The van der Waals surface area contributed by atoms with Crippen molar-refractivity contribution in [3.8, 4) is 0 Å². The Labute approximate surface area is 121 Å². The van der Waals surface area contributed by atoms with E-state index in [-0.39, 0.29) is 0 Å². The molecule has 0 radical (unpaired) electrons. The molecular formula is C21H12. The van der Waals surface area contributed by atoms with E-state index in [1.165, 1.54) is 54.2 Å². The summed E-state index contributed by atoms with van der Waals surface area (Å²) in [5, 5.41) is 11.4. The minimum absolute atomic E-state index is 1.08. The Kier molecular flexibility index (Phi) is 1.54. The Morgan fingerprint density at radius 2 is 1.19 bits per heavy atom. The second-order valence-corrected chi connectivity index (χ2v) is 6.22. The second-order valence-electron chi connectivity index (χ2n) is 6.22. The summed E-state index contributed by atoms with van der Waals surface area (Å²) in [5.74, 6) is 0. The van der Waals surface area contributed by atoms with E-state index in [2.05, 4.69) is 60.7 Å². The Balaban J connectivity index is 2.11. The van der Waals surface area contributed by atoms with Crippen molar-refractivity contribution in [2.45, 2.75) is 6.42 Å². The van der Waals surface area contributed by atoms with Crippen molar-refractivity contribution in [1.82, 2.24) is 0 Å². The minimum Gasteiger partial charge on any atom is -0.0613 e. The number of hydrogen-bond donors (Lipinski definition) is 0. The van der Waals surface area contributed by atoms with Crippen molar-refractivity contribution in [3.05, 3.63) is 71.8 Å². The Bertz CT molecular complexity index is 1190.